The molecule has 8 nitrogen and oxygen atoms in total. The van der Waals surface area contributed by atoms with Crippen molar-refractivity contribution in [3.05, 3.63) is 111 Å². The van der Waals surface area contributed by atoms with Gasteiger partial charge in [-0.1, -0.05) is 48.5 Å². The molecule has 0 aliphatic carbocycles. The summed E-state index contributed by atoms with van der Waals surface area (Å²) in [5, 5.41) is 19.9. The van der Waals surface area contributed by atoms with Gasteiger partial charge >= 0.3 is 0 Å². The molecule has 0 aliphatic rings. The Bertz CT molecular complexity index is 1440. The first-order valence-corrected chi connectivity index (χ1v) is 9.28. The molecule has 3 heterocycles. The van der Waals surface area contributed by atoms with Crippen LogP contribution in [0.25, 0.3) is 27.6 Å². The van der Waals surface area contributed by atoms with Gasteiger partial charge < -0.3 is 0 Å². The fraction of sp³-hybridized carbons (Fsp3) is 0.0455. The van der Waals surface area contributed by atoms with E-state index in [1.807, 2.05) is 18.2 Å². The summed E-state index contributed by atoms with van der Waals surface area (Å²) in [6.45, 7) is 0. The maximum absolute atomic E-state index is 13.6. The second kappa shape index (κ2) is 6.93. The van der Waals surface area contributed by atoms with E-state index in [4.69, 9.17) is 0 Å². The second-order valence-corrected chi connectivity index (χ2v) is 6.81. The molecule has 0 saturated heterocycles. The van der Waals surface area contributed by atoms with E-state index in [9.17, 15) is 14.9 Å². The number of hydrogen-bond donors (Lipinski definition) is 1. The topological polar surface area (TPSA) is 107 Å². The van der Waals surface area contributed by atoms with Crippen LogP contribution in [0.5, 0.6) is 0 Å². The van der Waals surface area contributed by atoms with Gasteiger partial charge in [-0.2, -0.15) is 5.10 Å². The van der Waals surface area contributed by atoms with E-state index >= 15 is 0 Å². The third kappa shape index (κ3) is 2.66. The molecule has 8 heteroatoms. The van der Waals surface area contributed by atoms with Crippen LogP contribution in [-0.2, 0) is 0 Å². The van der Waals surface area contributed by atoms with Crippen LogP contribution < -0.4 is 5.56 Å². The van der Waals surface area contributed by atoms with Crippen LogP contribution in [0.3, 0.4) is 0 Å². The first kappa shape index (κ1) is 17.7. The summed E-state index contributed by atoms with van der Waals surface area (Å²) in [5.74, 6) is 0. The quantitative estimate of drug-likeness (QED) is 0.368. The molecule has 1 atom stereocenters. The van der Waals surface area contributed by atoms with Gasteiger partial charge in [0.25, 0.3) is 11.6 Å². The lowest BCUT2D eigenvalue weighted by Gasteiger charge is -2.12. The van der Waals surface area contributed by atoms with Crippen LogP contribution >= 0.6 is 0 Å². The summed E-state index contributed by atoms with van der Waals surface area (Å²) >= 11 is 0. The number of aromatic nitrogens is 4. The van der Waals surface area contributed by atoms with Crippen molar-refractivity contribution in [2.75, 3.05) is 0 Å². The SMILES string of the molecule is O=c1c2c(C(c3ccccc3)[N+](=O)[O-])[nH]nc2c2cccnc2n1-c1ccccc1. The minimum absolute atomic E-state index is 0.154. The molecule has 0 amide bonds. The van der Waals surface area contributed by atoms with Crippen molar-refractivity contribution >= 4 is 21.9 Å². The minimum atomic E-state index is -1.25. The Hall–Kier alpha value is -4.33. The maximum atomic E-state index is 13.6. The highest BCUT2D eigenvalue weighted by molar-refractivity contribution is 6.03. The van der Waals surface area contributed by atoms with Crippen molar-refractivity contribution in [2.45, 2.75) is 6.04 Å². The van der Waals surface area contributed by atoms with Crippen molar-refractivity contribution in [3.8, 4) is 5.69 Å². The molecule has 30 heavy (non-hydrogen) atoms. The molecule has 1 unspecified atom stereocenters. The lowest BCUT2D eigenvalue weighted by atomic mass is 10.0. The Balaban J connectivity index is 1.91. The Morgan fingerprint density at radius 3 is 2.37 bits per heavy atom. The standard InChI is InChI=1S/C22H15N5O3/c28-22-17-18(24-25-19(17)20(27(29)30)14-8-3-1-4-9-14)16-12-7-13-23-21(16)26(22)15-10-5-2-6-11-15/h1-13,20H,(H,24,25). The largest absolute Gasteiger partial charge is 0.279 e. The molecule has 5 aromatic rings. The molecule has 5 rings (SSSR count). The molecule has 0 bridgehead atoms. The summed E-state index contributed by atoms with van der Waals surface area (Å²) in [7, 11) is 0. The number of hydrogen-bond acceptors (Lipinski definition) is 5. The number of rotatable bonds is 4. The summed E-state index contributed by atoms with van der Waals surface area (Å²) in [4.78, 5) is 29.6. The maximum Gasteiger partial charge on any atom is 0.279 e. The van der Waals surface area contributed by atoms with Gasteiger partial charge in [0.2, 0.25) is 0 Å². The second-order valence-electron chi connectivity index (χ2n) is 6.81. The Morgan fingerprint density at radius 1 is 0.967 bits per heavy atom. The van der Waals surface area contributed by atoms with Crippen molar-refractivity contribution in [2.24, 2.45) is 0 Å². The predicted octanol–water partition coefficient (Wildman–Crippen LogP) is 3.63. The number of nitrogens with one attached hydrogen (secondary N) is 1. The number of nitro groups is 1. The number of aromatic amines is 1. The van der Waals surface area contributed by atoms with Crippen LogP contribution in [0.15, 0.2) is 83.8 Å². The summed E-state index contributed by atoms with van der Waals surface area (Å²) in [6, 6.07) is 20.0. The molecule has 0 spiro atoms. The average molecular weight is 397 g/mol. The molecule has 0 radical (unpaired) electrons. The van der Waals surface area contributed by atoms with Crippen LogP contribution in [-0.4, -0.2) is 24.7 Å². The molecule has 2 aromatic carbocycles. The average Bonchev–Trinajstić information content (AvgIpc) is 3.21. The molecule has 1 N–H and O–H groups in total. The highest BCUT2D eigenvalue weighted by Gasteiger charge is 2.32. The van der Waals surface area contributed by atoms with Gasteiger partial charge in [0.05, 0.1) is 11.1 Å². The van der Waals surface area contributed by atoms with Gasteiger partial charge in [0, 0.05) is 22.1 Å². The lowest BCUT2D eigenvalue weighted by Crippen LogP contribution is -2.22. The lowest BCUT2D eigenvalue weighted by molar-refractivity contribution is -0.517. The fourth-order valence-corrected chi connectivity index (χ4v) is 3.78. The van der Waals surface area contributed by atoms with Crippen LogP contribution in [0.2, 0.25) is 0 Å². The van der Waals surface area contributed by atoms with Crippen molar-refractivity contribution in [1.82, 2.24) is 19.7 Å². The fourth-order valence-electron chi connectivity index (χ4n) is 3.78. The normalized spacial score (nSPS) is 12.3. The van der Waals surface area contributed by atoms with Gasteiger partial charge in [-0.05, 0) is 24.3 Å². The number of nitrogens with zero attached hydrogens (tertiary/aromatic N) is 4. The molecule has 0 aliphatic heterocycles. The van der Waals surface area contributed by atoms with E-state index < -0.39 is 16.5 Å². The Morgan fingerprint density at radius 2 is 1.67 bits per heavy atom. The smallest absolute Gasteiger partial charge is 0.274 e. The summed E-state index contributed by atoms with van der Waals surface area (Å²) in [5.41, 5.74) is 1.64. The van der Waals surface area contributed by atoms with Gasteiger partial charge in [-0.25, -0.2) is 4.98 Å². The van der Waals surface area contributed by atoms with Gasteiger partial charge in [-0.15, -0.1) is 0 Å². The van der Waals surface area contributed by atoms with E-state index in [1.54, 1.807) is 60.8 Å². The zero-order valence-electron chi connectivity index (χ0n) is 15.6. The van der Waals surface area contributed by atoms with Gasteiger partial charge in [-0.3, -0.25) is 24.6 Å². The van der Waals surface area contributed by atoms with E-state index in [-0.39, 0.29) is 11.1 Å². The molecular weight excluding hydrogens is 382 g/mol. The number of benzene rings is 2. The van der Waals surface area contributed by atoms with Crippen molar-refractivity contribution in [3.63, 3.8) is 0 Å². The molecule has 0 fully saturated rings. The number of H-pyrrole nitrogens is 1. The van der Waals surface area contributed by atoms with E-state index in [1.165, 1.54) is 4.57 Å². The zero-order chi connectivity index (χ0) is 20.7. The third-order valence-corrected chi connectivity index (χ3v) is 5.08. The van der Waals surface area contributed by atoms with Crippen LogP contribution in [0.4, 0.5) is 0 Å². The molecular formula is C22H15N5O3. The molecule has 3 aromatic heterocycles. The van der Waals surface area contributed by atoms with E-state index in [2.05, 4.69) is 15.2 Å². The van der Waals surface area contributed by atoms with Gasteiger partial charge in [0.1, 0.15) is 16.9 Å². The monoisotopic (exact) mass is 397 g/mol. The predicted molar refractivity (Wildman–Crippen MR) is 112 cm³/mol. The molecule has 0 saturated carbocycles. The van der Waals surface area contributed by atoms with Gasteiger partial charge in [0.15, 0.2) is 0 Å². The van der Waals surface area contributed by atoms with Crippen LogP contribution in [0.1, 0.15) is 17.3 Å². The third-order valence-electron chi connectivity index (χ3n) is 5.08. The zero-order valence-corrected chi connectivity index (χ0v) is 15.6. The number of para-hydroxylation sites is 1. The Kier molecular flexibility index (Phi) is 4.10. The Labute approximate surface area is 169 Å². The highest BCUT2D eigenvalue weighted by atomic mass is 16.6. The molecule has 146 valence electrons. The first-order valence-electron chi connectivity index (χ1n) is 9.28. The minimum Gasteiger partial charge on any atom is -0.274 e. The van der Waals surface area contributed by atoms with E-state index in [0.29, 0.717) is 27.8 Å². The number of fused-ring (bicyclic) bond motifs is 3. The summed E-state index contributed by atoms with van der Waals surface area (Å²) < 4.78 is 1.47. The van der Waals surface area contributed by atoms with Crippen molar-refractivity contribution in [1.29, 1.82) is 0 Å². The van der Waals surface area contributed by atoms with Crippen molar-refractivity contribution < 1.29 is 4.92 Å². The first-order chi connectivity index (χ1) is 14.7. The highest BCUT2D eigenvalue weighted by Crippen LogP contribution is 2.31. The summed E-state index contributed by atoms with van der Waals surface area (Å²) in [6.07, 6.45) is 1.60. The van der Waals surface area contributed by atoms with E-state index in [0.717, 1.165) is 0 Å². The van der Waals surface area contributed by atoms with Crippen LogP contribution in [0, 0.1) is 10.1 Å². The number of pyridine rings is 2.